The van der Waals surface area contributed by atoms with Crippen molar-refractivity contribution in [2.75, 3.05) is 26.9 Å². The number of hydrogen-bond acceptors (Lipinski definition) is 5. The fourth-order valence-corrected chi connectivity index (χ4v) is 4.93. The molecule has 1 unspecified atom stereocenters. The number of aliphatic hydroxyl groups excluding tert-OH is 1. The van der Waals surface area contributed by atoms with Gasteiger partial charge in [0.15, 0.2) is 0 Å². The van der Waals surface area contributed by atoms with Gasteiger partial charge in [0.1, 0.15) is 23.3 Å². The molecule has 1 aliphatic rings. The number of halogens is 1. The number of unbranched alkanes of at least 4 members (excludes halogenated alkanes) is 1. The van der Waals surface area contributed by atoms with E-state index >= 15 is 0 Å². The van der Waals surface area contributed by atoms with E-state index < -0.39 is 6.09 Å². The minimum absolute atomic E-state index is 0.157. The first-order valence-electron chi connectivity index (χ1n) is 12.3. The van der Waals surface area contributed by atoms with E-state index in [4.69, 9.17) is 30.9 Å². The van der Waals surface area contributed by atoms with Crippen LogP contribution in [0.4, 0.5) is 4.79 Å². The fraction of sp³-hybridized carbons (Fsp3) is 0.276. The molecule has 1 aromatic heterocycles. The summed E-state index contributed by atoms with van der Waals surface area (Å²) in [5.74, 6) is 1.88. The number of fused-ring (bicyclic) bond motifs is 3. The van der Waals surface area contributed by atoms with Gasteiger partial charge in [-0.3, -0.25) is 4.90 Å². The van der Waals surface area contributed by atoms with Gasteiger partial charge in [-0.1, -0.05) is 23.7 Å². The number of ether oxygens (including phenoxy) is 3. The van der Waals surface area contributed by atoms with Crippen LogP contribution in [-0.4, -0.2) is 48.0 Å². The summed E-state index contributed by atoms with van der Waals surface area (Å²) in [6, 6.07) is 20.2. The zero-order valence-electron chi connectivity index (χ0n) is 20.6. The first-order chi connectivity index (χ1) is 18.1. The maximum atomic E-state index is 13.4. The molecule has 8 heteroatoms. The van der Waals surface area contributed by atoms with E-state index in [0.717, 1.165) is 39.9 Å². The van der Waals surface area contributed by atoms with Crippen LogP contribution < -0.4 is 14.2 Å². The minimum atomic E-state index is -0.429. The Hall–Kier alpha value is -3.68. The summed E-state index contributed by atoms with van der Waals surface area (Å²) in [6.07, 6.45) is 1.74. The lowest BCUT2D eigenvalue weighted by molar-refractivity contribution is 0.135. The number of methoxy groups -OCH3 is 1. The van der Waals surface area contributed by atoms with Crippen molar-refractivity contribution >= 4 is 28.6 Å². The second-order valence-corrected chi connectivity index (χ2v) is 9.38. The number of rotatable bonds is 8. The quantitative estimate of drug-likeness (QED) is 0.273. The molecule has 0 saturated heterocycles. The number of benzene rings is 3. The van der Waals surface area contributed by atoms with E-state index in [1.807, 2.05) is 42.5 Å². The summed E-state index contributed by atoms with van der Waals surface area (Å²) in [5.41, 5.74) is 4.02. The van der Waals surface area contributed by atoms with Gasteiger partial charge in [-0.15, -0.1) is 0 Å². The Bertz CT molecular complexity index is 1370. The Morgan fingerprint density at radius 1 is 1.03 bits per heavy atom. The monoisotopic (exact) mass is 520 g/mol. The number of hydrogen-bond donors (Lipinski definition) is 2. The van der Waals surface area contributed by atoms with Crippen molar-refractivity contribution in [3.63, 3.8) is 0 Å². The van der Waals surface area contributed by atoms with Crippen LogP contribution in [0.15, 0.2) is 66.7 Å². The second kappa shape index (κ2) is 11.2. The summed E-state index contributed by atoms with van der Waals surface area (Å²) in [5, 5.41) is 10.7. The first-order valence-corrected chi connectivity index (χ1v) is 12.7. The van der Waals surface area contributed by atoms with Crippen molar-refractivity contribution in [2.45, 2.75) is 25.3 Å². The maximum absolute atomic E-state index is 13.4. The molecule has 0 fully saturated rings. The van der Waals surface area contributed by atoms with Crippen LogP contribution in [0, 0.1) is 0 Å². The van der Waals surface area contributed by atoms with Crippen molar-refractivity contribution in [2.24, 2.45) is 0 Å². The summed E-state index contributed by atoms with van der Waals surface area (Å²) in [4.78, 5) is 18.7. The second-order valence-electron chi connectivity index (χ2n) is 8.94. The predicted octanol–water partition coefficient (Wildman–Crippen LogP) is 6.13. The number of aromatic amines is 1. The Labute approximate surface area is 220 Å². The van der Waals surface area contributed by atoms with E-state index in [1.54, 1.807) is 36.3 Å². The molecule has 192 valence electrons. The average molecular weight is 521 g/mol. The molecular formula is C29H29ClN2O5. The number of aromatic nitrogens is 1. The van der Waals surface area contributed by atoms with Gasteiger partial charge in [0.05, 0.1) is 13.7 Å². The van der Waals surface area contributed by atoms with Gasteiger partial charge in [-0.05, 0) is 85.0 Å². The fourth-order valence-electron chi connectivity index (χ4n) is 4.76. The Morgan fingerprint density at radius 3 is 2.49 bits per heavy atom. The highest BCUT2D eigenvalue weighted by Gasteiger charge is 2.35. The highest BCUT2D eigenvalue weighted by Crippen LogP contribution is 2.40. The van der Waals surface area contributed by atoms with E-state index in [1.165, 1.54) is 0 Å². The highest BCUT2D eigenvalue weighted by atomic mass is 35.5. The number of nitrogens with one attached hydrogen (secondary N) is 1. The zero-order chi connectivity index (χ0) is 25.8. The first kappa shape index (κ1) is 25.0. The number of carbonyl (C=O) groups excluding carboxylic acids is 1. The molecule has 1 amide bonds. The van der Waals surface area contributed by atoms with Crippen LogP contribution in [0.25, 0.3) is 10.9 Å². The van der Waals surface area contributed by atoms with Crippen molar-refractivity contribution in [1.29, 1.82) is 0 Å². The molecule has 5 rings (SSSR count). The van der Waals surface area contributed by atoms with Gasteiger partial charge in [-0.2, -0.15) is 0 Å². The van der Waals surface area contributed by atoms with Gasteiger partial charge < -0.3 is 24.3 Å². The molecule has 0 radical (unpaired) electrons. The van der Waals surface area contributed by atoms with Crippen LogP contribution in [-0.2, 0) is 6.42 Å². The summed E-state index contributed by atoms with van der Waals surface area (Å²) >= 11 is 6.31. The molecule has 0 spiro atoms. The number of aliphatic hydroxyl groups is 1. The lowest BCUT2D eigenvalue weighted by Crippen LogP contribution is -2.42. The molecule has 3 aromatic carbocycles. The molecular weight excluding hydrogens is 492 g/mol. The van der Waals surface area contributed by atoms with E-state index in [9.17, 15) is 4.79 Å². The van der Waals surface area contributed by atoms with Gasteiger partial charge in [0, 0.05) is 34.8 Å². The van der Waals surface area contributed by atoms with Crippen molar-refractivity contribution in [1.82, 2.24) is 9.88 Å². The third kappa shape index (κ3) is 5.38. The molecule has 7 nitrogen and oxygen atoms in total. The van der Waals surface area contributed by atoms with Gasteiger partial charge in [-0.25, -0.2) is 4.79 Å². The third-order valence-corrected chi connectivity index (χ3v) is 6.84. The normalized spacial score (nSPS) is 14.9. The number of nitrogens with zero attached hydrogens (tertiary/aromatic N) is 1. The molecule has 2 N–H and O–H groups in total. The third-order valence-electron chi connectivity index (χ3n) is 6.61. The van der Waals surface area contributed by atoms with Crippen molar-refractivity contribution < 1.29 is 24.1 Å². The summed E-state index contributed by atoms with van der Waals surface area (Å²) < 4.78 is 16.8. The molecule has 2 heterocycles. The molecule has 0 bridgehead atoms. The standard InChI is InChI=1S/C29H29ClN2O5/c1-35-21-9-11-23(12-10-21)37-29(34)32-15-14-24-25-18-20(30)6-13-26(25)31-27(24)28(32)19-4-7-22(8-5-19)36-17-3-2-16-33/h4-13,18,28,31,33H,2-3,14-17H2,1H3. The average Bonchev–Trinajstić information content (AvgIpc) is 3.29. The molecule has 0 aliphatic carbocycles. The number of H-pyrrole nitrogens is 1. The summed E-state index contributed by atoms with van der Waals surface area (Å²) in [7, 11) is 1.59. The van der Waals surface area contributed by atoms with E-state index in [-0.39, 0.29) is 12.6 Å². The van der Waals surface area contributed by atoms with Crippen LogP contribution in [0.3, 0.4) is 0 Å². The van der Waals surface area contributed by atoms with Crippen LogP contribution in [0.1, 0.15) is 35.7 Å². The maximum Gasteiger partial charge on any atom is 0.416 e. The van der Waals surface area contributed by atoms with Crippen LogP contribution in [0.5, 0.6) is 17.2 Å². The van der Waals surface area contributed by atoms with Crippen molar-refractivity contribution in [3.8, 4) is 17.2 Å². The van der Waals surface area contributed by atoms with Gasteiger partial charge in [0.2, 0.25) is 0 Å². The number of carbonyl (C=O) groups is 1. The van der Waals surface area contributed by atoms with Gasteiger partial charge in [0.25, 0.3) is 0 Å². The summed E-state index contributed by atoms with van der Waals surface area (Å²) in [6.45, 7) is 1.19. The Morgan fingerprint density at radius 2 is 1.76 bits per heavy atom. The zero-order valence-corrected chi connectivity index (χ0v) is 21.3. The SMILES string of the molecule is COc1ccc(OC(=O)N2CCc3c([nH]c4ccc(Cl)cc34)C2c2ccc(OCCCCO)cc2)cc1. The van der Waals surface area contributed by atoms with Gasteiger partial charge >= 0.3 is 6.09 Å². The Kier molecular flexibility index (Phi) is 7.53. The lowest BCUT2D eigenvalue weighted by atomic mass is 9.92. The molecule has 1 atom stereocenters. The smallest absolute Gasteiger partial charge is 0.416 e. The molecule has 0 saturated carbocycles. The molecule has 4 aromatic rings. The molecule has 1 aliphatic heterocycles. The lowest BCUT2D eigenvalue weighted by Gasteiger charge is -2.35. The minimum Gasteiger partial charge on any atom is -0.497 e. The van der Waals surface area contributed by atoms with E-state index in [2.05, 4.69) is 4.98 Å². The molecule has 37 heavy (non-hydrogen) atoms. The highest BCUT2D eigenvalue weighted by molar-refractivity contribution is 6.31. The number of amides is 1. The van der Waals surface area contributed by atoms with Crippen LogP contribution in [0.2, 0.25) is 5.02 Å². The predicted molar refractivity (Wildman–Crippen MR) is 143 cm³/mol. The van der Waals surface area contributed by atoms with Crippen molar-refractivity contribution in [3.05, 3.63) is 88.6 Å². The Balaban J connectivity index is 1.46. The van der Waals surface area contributed by atoms with E-state index in [0.29, 0.717) is 42.5 Å². The topological polar surface area (TPSA) is 84.0 Å². The largest absolute Gasteiger partial charge is 0.497 e. The van der Waals surface area contributed by atoms with Crippen LogP contribution >= 0.6 is 11.6 Å².